The first-order chi connectivity index (χ1) is 8.69. The van der Waals surface area contributed by atoms with Crippen LogP contribution in [0.1, 0.15) is 31.2 Å². The minimum Gasteiger partial charge on any atom is -0.481 e. The molecule has 0 aliphatic heterocycles. The molecular formula is C14H21NO3. The number of hydrogen-bond acceptors (Lipinski definition) is 3. The van der Waals surface area contributed by atoms with Crippen molar-refractivity contribution in [3.8, 4) is 0 Å². The summed E-state index contributed by atoms with van der Waals surface area (Å²) in [5, 5.41) is 21.4. The molecule has 0 aliphatic carbocycles. The molecule has 0 fully saturated rings. The molecule has 1 rings (SSSR count). The van der Waals surface area contributed by atoms with Crippen LogP contribution in [0.2, 0.25) is 0 Å². The average Bonchev–Trinajstić information content (AvgIpc) is 2.38. The van der Waals surface area contributed by atoms with Gasteiger partial charge in [-0.25, -0.2) is 0 Å². The molecule has 3 N–H and O–H groups in total. The topological polar surface area (TPSA) is 69.6 Å². The molecule has 0 amide bonds. The minimum atomic E-state index is -0.826. The predicted octanol–water partition coefficient (Wildman–Crippen LogP) is 1.61. The third kappa shape index (κ3) is 4.47. The van der Waals surface area contributed by atoms with Crippen molar-refractivity contribution >= 4 is 5.97 Å². The fourth-order valence-corrected chi connectivity index (χ4v) is 1.92. The van der Waals surface area contributed by atoms with Crippen LogP contribution in [0.15, 0.2) is 30.3 Å². The Morgan fingerprint density at radius 3 is 2.50 bits per heavy atom. The van der Waals surface area contributed by atoms with Crippen LogP contribution < -0.4 is 5.32 Å². The van der Waals surface area contributed by atoms with Gasteiger partial charge in [-0.3, -0.25) is 4.79 Å². The molecule has 0 bridgehead atoms. The van der Waals surface area contributed by atoms with Crippen molar-refractivity contribution in [2.24, 2.45) is 0 Å². The first kappa shape index (κ1) is 14.7. The van der Waals surface area contributed by atoms with Gasteiger partial charge in [0.25, 0.3) is 0 Å². The normalized spacial score (nSPS) is 14.1. The molecule has 1 aromatic carbocycles. The lowest BCUT2D eigenvalue weighted by molar-refractivity contribution is -0.138. The molecule has 4 heteroatoms. The summed E-state index contributed by atoms with van der Waals surface area (Å²) in [5.74, 6) is -1.37. The number of aliphatic hydroxyl groups is 1. The lowest BCUT2D eigenvalue weighted by atomic mass is 9.98. The fraction of sp³-hybridized carbons (Fsp3) is 0.500. The number of aliphatic hydroxyl groups excluding tert-OH is 1. The molecule has 0 aliphatic rings. The van der Waals surface area contributed by atoms with E-state index in [0.29, 0.717) is 13.0 Å². The molecule has 0 aromatic heterocycles. The quantitative estimate of drug-likeness (QED) is 0.656. The molecule has 0 spiro atoms. The van der Waals surface area contributed by atoms with Gasteiger partial charge < -0.3 is 15.5 Å². The molecule has 0 saturated heterocycles. The van der Waals surface area contributed by atoms with E-state index in [9.17, 15) is 9.90 Å². The highest BCUT2D eigenvalue weighted by atomic mass is 16.4. The highest BCUT2D eigenvalue weighted by Crippen LogP contribution is 2.15. The van der Waals surface area contributed by atoms with Gasteiger partial charge in [0.1, 0.15) is 0 Å². The van der Waals surface area contributed by atoms with Crippen LogP contribution in [-0.2, 0) is 4.79 Å². The molecule has 18 heavy (non-hydrogen) atoms. The van der Waals surface area contributed by atoms with Gasteiger partial charge in [-0.05, 0) is 18.4 Å². The second-order valence-corrected chi connectivity index (χ2v) is 4.33. The van der Waals surface area contributed by atoms with E-state index < -0.39 is 11.9 Å². The van der Waals surface area contributed by atoms with Crippen LogP contribution in [0, 0.1) is 0 Å². The maximum Gasteiger partial charge on any atom is 0.312 e. The van der Waals surface area contributed by atoms with Gasteiger partial charge in [0, 0.05) is 19.2 Å². The van der Waals surface area contributed by atoms with Gasteiger partial charge in [0.15, 0.2) is 0 Å². The van der Waals surface area contributed by atoms with Gasteiger partial charge >= 0.3 is 5.97 Å². The Morgan fingerprint density at radius 2 is 2.00 bits per heavy atom. The van der Waals surface area contributed by atoms with Gasteiger partial charge in [-0.1, -0.05) is 37.3 Å². The van der Waals surface area contributed by atoms with E-state index >= 15 is 0 Å². The molecule has 2 unspecified atom stereocenters. The lowest BCUT2D eigenvalue weighted by Gasteiger charge is -2.19. The van der Waals surface area contributed by atoms with E-state index in [4.69, 9.17) is 5.11 Å². The smallest absolute Gasteiger partial charge is 0.312 e. The average molecular weight is 251 g/mol. The Labute approximate surface area is 108 Å². The van der Waals surface area contributed by atoms with E-state index in [1.807, 2.05) is 37.3 Å². The number of carboxylic acid groups (broad SMARTS) is 1. The summed E-state index contributed by atoms with van der Waals surface area (Å²) < 4.78 is 0. The van der Waals surface area contributed by atoms with Gasteiger partial charge in [-0.2, -0.15) is 0 Å². The number of nitrogens with one attached hydrogen (secondary N) is 1. The maximum absolute atomic E-state index is 11.3. The number of hydrogen-bond donors (Lipinski definition) is 3. The SMILES string of the molecule is CCC(CCO)NCC(C(=O)O)c1ccccc1. The first-order valence-electron chi connectivity index (χ1n) is 6.31. The van der Waals surface area contributed by atoms with Crippen molar-refractivity contribution < 1.29 is 15.0 Å². The summed E-state index contributed by atoms with van der Waals surface area (Å²) in [7, 11) is 0. The zero-order chi connectivity index (χ0) is 13.4. The zero-order valence-corrected chi connectivity index (χ0v) is 10.7. The lowest BCUT2D eigenvalue weighted by Crippen LogP contribution is -2.35. The summed E-state index contributed by atoms with van der Waals surface area (Å²) in [5.41, 5.74) is 0.802. The summed E-state index contributed by atoms with van der Waals surface area (Å²) in [4.78, 5) is 11.3. The van der Waals surface area contributed by atoms with E-state index in [1.165, 1.54) is 0 Å². The van der Waals surface area contributed by atoms with Crippen LogP contribution in [0.5, 0.6) is 0 Å². The minimum absolute atomic E-state index is 0.120. The third-order valence-electron chi connectivity index (χ3n) is 3.08. The summed E-state index contributed by atoms with van der Waals surface area (Å²) >= 11 is 0. The molecule has 0 heterocycles. The van der Waals surface area contributed by atoms with Crippen molar-refractivity contribution in [1.82, 2.24) is 5.32 Å². The number of carbonyl (C=O) groups is 1. The van der Waals surface area contributed by atoms with Crippen LogP contribution in [-0.4, -0.2) is 35.4 Å². The van der Waals surface area contributed by atoms with Gasteiger partial charge in [0.2, 0.25) is 0 Å². The van der Waals surface area contributed by atoms with E-state index in [1.54, 1.807) is 0 Å². The number of benzene rings is 1. The Kier molecular flexibility index (Phi) is 6.39. The second-order valence-electron chi connectivity index (χ2n) is 4.33. The van der Waals surface area contributed by atoms with Crippen LogP contribution in [0.3, 0.4) is 0 Å². The molecule has 4 nitrogen and oxygen atoms in total. The number of aliphatic carboxylic acids is 1. The number of rotatable bonds is 8. The van der Waals surface area contributed by atoms with Crippen molar-refractivity contribution in [2.75, 3.05) is 13.2 Å². The van der Waals surface area contributed by atoms with E-state index in [0.717, 1.165) is 12.0 Å². The third-order valence-corrected chi connectivity index (χ3v) is 3.08. The predicted molar refractivity (Wildman–Crippen MR) is 70.6 cm³/mol. The van der Waals surface area contributed by atoms with Gasteiger partial charge in [-0.15, -0.1) is 0 Å². The Morgan fingerprint density at radius 1 is 1.33 bits per heavy atom. The second kappa shape index (κ2) is 7.84. The number of carboxylic acids is 1. The highest BCUT2D eigenvalue weighted by molar-refractivity contribution is 5.76. The largest absolute Gasteiger partial charge is 0.481 e. The molecular weight excluding hydrogens is 230 g/mol. The van der Waals surface area contributed by atoms with Crippen LogP contribution in [0.4, 0.5) is 0 Å². The zero-order valence-electron chi connectivity index (χ0n) is 10.7. The Balaban J connectivity index is 2.62. The highest BCUT2D eigenvalue weighted by Gasteiger charge is 2.20. The Bertz CT molecular complexity index is 353. The molecule has 1 aromatic rings. The van der Waals surface area contributed by atoms with Crippen molar-refractivity contribution in [1.29, 1.82) is 0 Å². The summed E-state index contributed by atoms with van der Waals surface area (Å²) in [6.45, 7) is 2.53. The van der Waals surface area contributed by atoms with Crippen molar-refractivity contribution in [2.45, 2.75) is 31.7 Å². The van der Waals surface area contributed by atoms with E-state index in [-0.39, 0.29) is 12.6 Å². The van der Waals surface area contributed by atoms with Gasteiger partial charge in [0.05, 0.1) is 5.92 Å². The van der Waals surface area contributed by atoms with Crippen LogP contribution in [0.25, 0.3) is 0 Å². The van der Waals surface area contributed by atoms with Crippen LogP contribution >= 0.6 is 0 Å². The first-order valence-corrected chi connectivity index (χ1v) is 6.31. The Hall–Kier alpha value is -1.39. The molecule has 2 atom stereocenters. The van der Waals surface area contributed by atoms with Crippen molar-refractivity contribution in [3.63, 3.8) is 0 Å². The summed E-state index contributed by atoms with van der Waals surface area (Å²) in [6, 6.07) is 9.38. The molecule has 0 radical (unpaired) electrons. The van der Waals surface area contributed by atoms with E-state index in [2.05, 4.69) is 5.32 Å². The summed E-state index contributed by atoms with van der Waals surface area (Å²) in [6.07, 6.45) is 1.53. The maximum atomic E-state index is 11.3. The monoisotopic (exact) mass is 251 g/mol. The molecule has 100 valence electrons. The standard InChI is InChI=1S/C14H21NO3/c1-2-12(8-9-16)15-10-13(14(17)18)11-6-4-3-5-7-11/h3-7,12-13,15-16H,2,8-10H2,1H3,(H,17,18). The van der Waals surface area contributed by atoms with Crippen molar-refractivity contribution in [3.05, 3.63) is 35.9 Å². The molecule has 0 saturated carbocycles. The fourth-order valence-electron chi connectivity index (χ4n) is 1.92.